The third kappa shape index (κ3) is 2.95. The van der Waals surface area contributed by atoms with Crippen LogP contribution in [-0.4, -0.2) is 13.4 Å². The number of anilines is 1. The number of hydrogen-bond acceptors (Lipinski definition) is 5. The zero-order chi connectivity index (χ0) is 15.7. The van der Waals surface area contributed by atoms with Crippen molar-refractivity contribution in [2.24, 2.45) is 0 Å². The first-order valence-electron chi connectivity index (χ1n) is 6.12. The maximum absolute atomic E-state index is 12.3. The third-order valence-electron chi connectivity index (χ3n) is 2.87. The quantitative estimate of drug-likeness (QED) is 0.743. The SMILES string of the molecule is O=c1ccc2cc(S(=O)(=O)Nc3ccc(Cl)cn3)ccc2o1. The van der Waals surface area contributed by atoms with Gasteiger partial charge in [-0.3, -0.25) is 4.72 Å². The molecule has 0 fully saturated rings. The van der Waals surface area contributed by atoms with Crippen LogP contribution >= 0.6 is 11.6 Å². The molecule has 0 saturated carbocycles. The lowest BCUT2D eigenvalue weighted by Gasteiger charge is -2.07. The average Bonchev–Trinajstić information content (AvgIpc) is 2.49. The molecule has 2 aromatic heterocycles. The number of rotatable bonds is 3. The van der Waals surface area contributed by atoms with Crippen molar-refractivity contribution >= 4 is 38.4 Å². The summed E-state index contributed by atoms with van der Waals surface area (Å²) in [5.41, 5.74) is -0.178. The number of sulfonamides is 1. The summed E-state index contributed by atoms with van der Waals surface area (Å²) in [5, 5.41) is 0.912. The van der Waals surface area contributed by atoms with Crippen molar-refractivity contribution in [2.45, 2.75) is 4.90 Å². The van der Waals surface area contributed by atoms with Crippen LogP contribution in [0.3, 0.4) is 0 Å². The van der Waals surface area contributed by atoms with Crippen LogP contribution in [0.2, 0.25) is 5.02 Å². The molecule has 3 aromatic rings. The molecule has 0 unspecified atom stereocenters. The highest BCUT2D eigenvalue weighted by Crippen LogP contribution is 2.20. The van der Waals surface area contributed by atoms with Gasteiger partial charge in [0.1, 0.15) is 11.4 Å². The molecule has 0 aliphatic carbocycles. The summed E-state index contributed by atoms with van der Waals surface area (Å²) in [5.74, 6) is 0.157. The van der Waals surface area contributed by atoms with Crippen molar-refractivity contribution in [1.29, 1.82) is 0 Å². The largest absolute Gasteiger partial charge is 0.423 e. The smallest absolute Gasteiger partial charge is 0.336 e. The Labute approximate surface area is 130 Å². The van der Waals surface area contributed by atoms with Crippen molar-refractivity contribution in [3.63, 3.8) is 0 Å². The molecule has 0 radical (unpaired) electrons. The fourth-order valence-electron chi connectivity index (χ4n) is 1.85. The van der Waals surface area contributed by atoms with Crippen LogP contribution in [0.15, 0.2) is 62.8 Å². The predicted molar refractivity (Wildman–Crippen MR) is 82.5 cm³/mol. The van der Waals surface area contributed by atoms with Gasteiger partial charge in [-0.05, 0) is 36.4 Å². The van der Waals surface area contributed by atoms with Crippen LogP contribution in [-0.2, 0) is 10.0 Å². The van der Waals surface area contributed by atoms with E-state index in [9.17, 15) is 13.2 Å². The standard InChI is InChI=1S/C14H9ClN2O4S/c15-10-2-5-13(16-8-10)17-22(19,20)11-3-4-12-9(7-11)1-6-14(18)21-12/h1-8H,(H,16,17). The Morgan fingerprint density at radius 3 is 2.64 bits per heavy atom. The number of halogens is 1. The minimum Gasteiger partial charge on any atom is -0.423 e. The summed E-state index contributed by atoms with van der Waals surface area (Å²) in [6.07, 6.45) is 1.34. The van der Waals surface area contributed by atoms with Crippen molar-refractivity contribution in [1.82, 2.24) is 4.98 Å². The van der Waals surface area contributed by atoms with Gasteiger partial charge in [0, 0.05) is 17.6 Å². The molecule has 3 rings (SSSR count). The fraction of sp³-hybridized carbons (Fsp3) is 0. The van der Waals surface area contributed by atoms with Gasteiger partial charge in [-0.1, -0.05) is 11.6 Å². The maximum Gasteiger partial charge on any atom is 0.336 e. The highest BCUT2D eigenvalue weighted by Gasteiger charge is 2.15. The van der Waals surface area contributed by atoms with Gasteiger partial charge < -0.3 is 4.42 Å². The monoisotopic (exact) mass is 336 g/mol. The fourth-order valence-corrected chi connectivity index (χ4v) is 3.00. The van der Waals surface area contributed by atoms with Gasteiger partial charge in [0.15, 0.2) is 0 Å². The van der Waals surface area contributed by atoms with E-state index in [0.29, 0.717) is 16.0 Å². The molecule has 0 bridgehead atoms. The summed E-state index contributed by atoms with van der Waals surface area (Å²) in [6, 6.07) is 9.91. The second-order valence-corrected chi connectivity index (χ2v) is 6.54. The van der Waals surface area contributed by atoms with Crippen LogP contribution in [0.4, 0.5) is 5.82 Å². The Morgan fingerprint density at radius 2 is 1.91 bits per heavy atom. The van der Waals surface area contributed by atoms with Gasteiger partial charge in [0.05, 0.1) is 9.92 Å². The van der Waals surface area contributed by atoms with E-state index < -0.39 is 15.6 Å². The normalized spacial score (nSPS) is 11.5. The molecule has 0 aliphatic rings. The minimum absolute atomic E-state index is 0.0330. The molecular formula is C14H9ClN2O4S. The van der Waals surface area contributed by atoms with Crippen LogP contribution in [0.5, 0.6) is 0 Å². The molecule has 2 heterocycles. The Balaban J connectivity index is 1.99. The summed E-state index contributed by atoms with van der Waals surface area (Å²) < 4.78 is 32.0. The predicted octanol–water partition coefficient (Wildman–Crippen LogP) is 2.64. The van der Waals surface area contributed by atoms with E-state index in [4.69, 9.17) is 16.0 Å². The number of hydrogen-bond donors (Lipinski definition) is 1. The minimum atomic E-state index is -3.80. The molecule has 22 heavy (non-hydrogen) atoms. The highest BCUT2D eigenvalue weighted by atomic mass is 35.5. The van der Waals surface area contributed by atoms with E-state index >= 15 is 0 Å². The molecule has 0 saturated heterocycles. The molecule has 1 aromatic carbocycles. The van der Waals surface area contributed by atoms with Gasteiger partial charge in [0.25, 0.3) is 10.0 Å². The lowest BCUT2D eigenvalue weighted by atomic mass is 10.2. The second-order valence-electron chi connectivity index (χ2n) is 4.42. The van der Waals surface area contributed by atoms with Crippen molar-refractivity contribution < 1.29 is 12.8 Å². The molecule has 8 heteroatoms. The highest BCUT2D eigenvalue weighted by molar-refractivity contribution is 7.92. The summed E-state index contributed by atoms with van der Waals surface area (Å²) in [4.78, 5) is 15.0. The Hall–Kier alpha value is -2.38. The van der Waals surface area contributed by atoms with Gasteiger partial charge in [-0.25, -0.2) is 18.2 Å². The van der Waals surface area contributed by atoms with E-state index in [2.05, 4.69) is 9.71 Å². The van der Waals surface area contributed by atoms with Gasteiger partial charge in [-0.15, -0.1) is 0 Å². The van der Waals surface area contributed by atoms with E-state index in [0.717, 1.165) is 0 Å². The third-order valence-corrected chi connectivity index (χ3v) is 4.44. The zero-order valence-electron chi connectivity index (χ0n) is 11.0. The first-order valence-corrected chi connectivity index (χ1v) is 7.98. The zero-order valence-corrected chi connectivity index (χ0v) is 12.6. The Kier molecular flexibility index (Phi) is 3.59. The van der Waals surface area contributed by atoms with Crippen LogP contribution < -0.4 is 10.3 Å². The molecule has 0 atom stereocenters. The van der Waals surface area contributed by atoms with Crippen molar-refractivity contribution in [3.05, 3.63) is 64.1 Å². The average molecular weight is 337 g/mol. The molecule has 0 spiro atoms. The van der Waals surface area contributed by atoms with Gasteiger partial charge in [-0.2, -0.15) is 0 Å². The number of nitrogens with one attached hydrogen (secondary N) is 1. The Morgan fingerprint density at radius 1 is 1.09 bits per heavy atom. The van der Waals surface area contributed by atoms with E-state index in [-0.39, 0.29) is 10.7 Å². The molecule has 112 valence electrons. The number of nitrogens with zero attached hydrogens (tertiary/aromatic N) is 1. The number of pyridine rings is 1. The molecule has 0 aliphatic heterocycles. The molecule has 6 nitrogen and oxygen atoms in total. The number of benzene rings is 1. The van der Waals surface area contributed by atoms with Crippen LogP contribution in [0.25, 0.3) is 11.0 Å². The first-order chi connectivity index (χ1) is 10.4. The Bertz CT molecular complexity index is 997. The molecule has 1 N–H and O–H groups in total. The number of fused-ring (bicyclic) bond motifs is 1. The van der Waals surface area contributed by atoms with Crippen LogP contribution in [0, 0.1) is 0 Å². The van der Waals surface area contributed by atoms with Crippen LogP contribution in [0.1, 0.15) is 0 Å². The van der Waals surface area contributed by atoms with Gasteiger partial charge in [0.2, 0.25) is 0 Å². The first kappa shape index (κ1) is 14.6. The lowest BCUT2D eigenvalue weighted by Crippen LogP contribution is -2.13. The summed E-state index contributed by atoms with van der Waals surface area (Å²) in [6.45, 7) is 0. The maximum atomic E-state index is 12.3. The van der Waals surface area contributed by atoms with Crippen molar-refractivity contribution in [3.8, 4) is 0 Å². The lowest BCUT2D eigenvalue weighted by molar-refractivity contribution is 0.560. The summed E-state index contributed by atoms with van der Waals surface area (Å²) in [7, 11) is -3.80. The number of aromatic nitrogens is 1. The van der Waals surface area contributed by atoms with E-state index in [1.54, 1.807) is 0 Å². The van der Waals surface area contributed by atoms with Gasteiger partial charge >= 0.3 is 5.63 Å². The molecule has 0 amide bonds. The van der Waals surface area contributed by atoms with Crippen molar-refractivity contribution in [2.75, 3.05) is 4.72 Å². The van der Waals surface area contributed by atoms with E-state index in [1.165, 1.54) is 48.7 Å². The summed E-state index contributed by atoms with van der Waals surface area (Å²) >= 11 is 5.70. The second kappa shape index (κ2) is 5.43. The molecular weight excluding hydrogens is 328 g/mol. The van der Waals surface area contributed by atoms with E-state index in [1.807, 2.05) is 0 Å². The topological polar surface area (TPSA) is 89.3 Å².